The van der Waals surface area contributed by atoms with Gasteiger partial charge in [-0.2, -0.15) is 0 Å². The lowest BCUT2D eigenvalue weighted by Crippen LogP contribution is -2.47. The number of amides is 2. The molecular weight excluding hydrogens is 351 g/mol. The highest BCUT2D eigenvalue weighted by Crippen LogP contribution is 2.17. The van der Waals surface area contributed by atoms with Gasteiger partial charge in [0, 0.05) is 5.56 Å². The van der Waals surface area contributed by atoms with Crippen molar-refractivity contribution in [1.82, 2.24) is 10.9 Å². The van der Waals surface area contributed by atoms with Crippen molar-refractivity contribution in [3.63, 3.8) is 0 Å². The number of hydrogen-bond acceptors (Lipinski definition) is 4. The highest BCUT2D eigenvalue weighted by atomic mass is 19.1. The molecule has 6 nitrogen and oxygen atoms in total. The number of para-hydroxylation sites is 1. The van der Waals surface area contributed by atoms with Gasteiger partial charge in [0.1, 0.15) is 5.75 Å². The second-order valence-electron chi connectivity index (χ2n) is 6.37. The summed E-state index contributed by atoms with van der Waals surface area (Å²) in [4.78, 5) is 24.2. The molecule has 2 N–H and O–H groups in total. The Morgan fingerprint density at radius 3 is 2.48 bits per heavy atom. The number of benzene rings is 2. The Morgan fingerprint density at radius 2 is 1.78 bits per heavy atom. The van der Waals surface area contributed by atoms with E-state index in [-0.39, 0.29) is 5.75 Å². The summed E-state index contributed by atoms with van der Waals surface area (Å²) in [6.45, 7) is 6.04. The van der Waals surface area contributed by atoms with E-state index in [0.717, 1.165) is 0 Å². The third kappa shape index (κ3) is 6.29. The Balaban J connectivity index is 1.88. The lowest BCUT2D eigenvalue weighted by Gasteiger charge is -2.15. The van der Waals surface area contributed by atoms with Crippen LogP contribution in [0.1, 0.15) is 31.1 Å². The summed E-state index contributed by atoms with van der Waals surface area (Å²) in [5, 5.41) is 0. The lowest BCUT2D eigenvalue weighted by molar-refractivity contribution is -0.128. The van der Waals surface area contributed by atoms with E-state index in [2.05, 4.69) is 10.9 Å². The topological polar surface area (TPSA) is 76.7 Å². The Morgan fingerprint density at radius 1 is 1.04 bits per heavy atom. The summed E-state index contributed by atoms with van der Waals surface area (Å²) >= 11 is 0. The predicted molar refractivity (Wildman–Crippen MR) is 98.9 cm³/mol. The molecule has 2 aromatic rings. The summed E-state index contributed by atoms with van der Waals surface area (Å²) in [7, 11) is 0. The number of ether oxygens (including phenoxy) is 2. The lowest BCUT2D eigenvalue weighted by atomic mass is 10.2. The van der Waals surface area contributed by atoms with E-state index in [1.165, 1.54) is 25.1 Å². The maximum atomic E-state index is 13.6. The van der Waals surface area contributed by atoms with Gasteiger partial charge in [-0.05, 0) is 43.2 Å². The van der Waals surface area contributed by atoms with Crippen LogP contribution in [0.5, 0.6) is 11.5 Å². The fourth-order valence-electron chi connectivity index (χ4n) is 2.07. The molecule has 0 bridgehead atoms. The number of carbonyl (C=O) groups is 2. The van der Waals surface area contributed by atoms with E-state index in [4.69, 9.17) is 9.47 Å². The van der Waals surface area contributed by atoms with Crippen molar-refractivity contribution in [3.05, 3.63) is 59.9 Å². The van der Waals surface area contributed by atoms with E-state index >= 15 is 0 Å². The number of halogens is 1. The molecule has 0 saturated carbocycles. The molecule has 0 aromatic heterocycles. The van der Waals surface area contributed by atoms with Crippen molar-refractivity contribution >= 4 is 11.8 Å². The molecule has 144 valence electrons. The summed E-state index contributed by atoms with van der Waals surface area (Å²) in [6, 6.07) is 12.4. The zero-order valence-corrected chi connectivity index (χ0v) is 15.5. The van der Waals surface area contributed by atoms with Crippen molar-refractivity contribution in [2.24, 2.45) is 5.92 Å². The van der Waals surface area contributed by atoms with Gasteiger partial charge in [0.15, 0.2) is 17.7 Å². The number of rotatable bonds is 7. The maximum absolute atomic E-state index is 13.6. The van der Waals surface area contributed by atoms with Gasteiger partial charge in [-0.1, -0.05) is 32.0 Å². The van der Waals surface area contributed by atoms with Gasteiger partial charge in [0.05, 0.1) is 6.61 Å². The minimum atomic E-state index is -0.997. The molecular formula is C20H23FN2O4. The third-order valence-electron chi connectivity index (χ3n) is 3.49. The quantitative estimate of drug-likeness (QED) is 0.730. The Labute approximate surface area is 157 Å². The fraction of sp³-hybridized carbons (Fsp3) is 0.300. The molecule has 0 spiro atoms. The van der Waals surface area contributed by atoms with Crippen molar-refractivity contribution in [2.75, 3.05) is 6.61 Å². The average Bonchev–Trinajstić information content (AvgIpc) is 2.66. The smallest absolute Gasteiger partial charge is 0.279 e. The Hall–Kier alpha value is -3.09. The highest BCUT2D eigenvalue weighted by molar-refractivity contribution is 5.96. The van der Waals surface area contributed by atoms with Gasteiger partial charge in [0.2, 0.25) is 0 Å². The van der Waals surface area contributed by atoms with Crippen LogP contribution in [-0.4, -0.2) is 24.5 Å². The normalized spacial score (nSPS) is 11.6. The number of carbonyl (C=O) groups excluding carboxylic acids is 2. The molecule has 0 aliphatic carbocycles. The molecule has 2 aromatic carbocycles. The van der Waals surface area contributed by atoms with Crippen LogP contribution in [-0.2, 0) is 4.79 Å². The number of hydrazine groups is 1. The van der Waals surface area contributed by atoms with Gasteiger partial charge >= 0.3 is 0 Å². The third-order valence-corrected chi connectivity index (χ3v) is 3.49. The van der Waals surface area contributed by atoms with Crippen LogP contribution in [0.15, 0.2) is 48.5 Å². The van der Waals surface area contributed by atoms with E-state index in [0.29, 0.717) is 23.8 Å². The van der Waals surface area contributed by atoms with Gasteiger partial charge < -0.3 is 9.47 Å². The largest absolute Gasteiger partial charge is 0.493 e. The minimum Gasteiger partial charge on any atom is -0.493 e. The van der Waals surface area contributed by atoms with Crippen LogP contribution in [0.2, 0.25) is 0 Å². The molecule has 27 heavy (non-hydrogen) atoms. The van der Waals surface area contributed by atoms with E-state index in [1.807, 2.05) is 13.8 Å². The first-order valence-corrected chi connectivity index (χ1v) is 8.61. The molecule has 7 heteroatoms. The van der Waals surface area contributed by atoms with Gasteiger partial charge in [-0.15, -0.1) is 0 Å². The standard InChI is InChI=1S/C20H23FN2O4/c1-13(2)12-26-16-8-6-7-15(11-16)20(25)23-22-19(24)14(3)27-18-10-5-4-9-17(18)21/h4-11,13-14H,12H2,1-3H3,(H,22,24)(H,23,25)/t14-/m1/s1. The first-order chi connectivity index (χ1) is 12.9. The zero-order valence-electron chi connectivity index (χ0n) is 15.5. The molecule has 2 amide bonds. The van der Waals surface area contributed by atoms with Gasteiger partial charge in [-0.3, -0.25) is 20.4 Å². The minimum absolute atomic E-state index is 0.0403. The number of hydrogen-bond donors (Lipinski definition) is 2. The van der Waals surface area contributed by atoms with Crippen LogP contribution in [0.4, 0.5) is 4.39 Å². The van der Waals surface area contributed by atoms with Crippen LogP contribution in [0.25, 0.3) is 0 Å². The monoisotopic (exact) mass is 374 g/mol. The first-order valence-electron chi connectivity index (χ1n) is 8.61. The van der Waals surface area contributed by atoms with Crippen LogP contribution in [0, 0.1) is 11.7 Å². The summed E-state index contributed by atoms with van der Waals surface area (Å²) in [5.41, 5.74) is 4.90. The molecule has 0 aliphatic heterocycles. The van der Waals surface area contributed by atoms with Crippen molar-refractivity contribution < 1.29 is 23.5 Å². The fourth-order valence-corrected chi connectivity index (χ4v) is 2.07. The maximum Gasteiger partial charge on any atom is 0.279 e. The molecule has 0 saturated heterocycles. The van der Waals surface area contributed by atoms with Gasteiger partial charge in [0.25, 0.3) is 11.8 Å². The van der Waals surface area contributed by atoms with E-state index in [9.17, 15) is 14.0 Å². The second-order valence-corrected chi connectivity index (χ2v) is 6.37. The predicted octanol–water partition coefficient (Wildman–Crippen LogP) is 3.09. The van der Waals surface area contributed by atoms with Crippen molar-refractivity contribution in [2.45, 2.75) is 26.9 Å². The molecule has 2 rings (SSSR count). The highest BCUT2D eigenvalue weighted by Gasteiger charge is 2.17. The molecule has 0 fully saturated rings. The van der Waals surface area contributed by atoms with Crippen LogP contribution in [0.3, 0.4) is 0 Å². The number of nitrogens with one attached hydrogen (secondary N) is 2. The Bertz CT molecular complexity index is 795. The molecule has 0 unspecified atom stereocenters. The van der Waals surface area contributed by atoms with Crippen molar-refractivity contribution in [1.29, 1.82) is 0 Å². The van der Waals surface area contributed by atoms with Crippen LogP contribution < -0.4 is 20.3 Å². The van der Waals surface area contributed by atoms with E-state index < -0.39 is 23.7 Å². The molecule has 0 aliphatic rings. The van der Waals surface area contributed by atoms with Crippen molar-refractivity contribution in [3.8, 4) is 11.5 Å². The second kappa shape index (κ2) is 9.56. The zero-order chi connectivity index (χ0) is 19.8. The molecule has 1 atom stereocenters. The average molecular weight is 374 g/mol. The molecule has 0 heterocycles. The van der Waals surface area contributed by atoms with Crippen LogP contribution >= 0.6 is 0 Å². The summed E-state index contributed by atoms with van der Waals surface area (Å²) in [5.74, 6) is -0.798. The SMILES string of the molecule is CC(C)COc1cccc(C(=O)NNC(=O)[C@@H](C)Oc2ccccc2F)c1. The Kier molecular flexibility index (Phi) is 7.16. The van der Waals surface area contributed by atoms with Gasteiger partial charge in [-0.25, -0.2) is 4.39 Å². The molecule has 0 radical (unpaired) electrons. The van der Waals surface area contributed by atoms with E-state index in [1.54, 1.807) is 30.3 Å². The summed E-state index contributed by atoms with van der Waals surface area (Å²) < 4.78 is 24.4. The summed E-state index contributed by atoms with van der Waals surface area (Å²) in [6.07, 6.45) is -0.997. The first kappa shape index (κ1) is 20.2.